The Balaban J connectivity index is 1.78. The smallest absolute Gasteiger partial charge is 0.337 e. The second kappa shape index (κ2) is 8.18. The van der Waals surface area contributed by atoms with Crippen LogP contribution in [0.25, 0.3) is 5.65 Å². The number of para-hydroxylation sites is 1. The third kappa shape index (κ3) is 4.25. The lowest BCUT2D eigenvalue weighted by Gasteiger charge is -2.33. The van der Waals surface area contributed by atoms with Gasteiger partial charge in [0, 0.05) is 36.5 Å². The number of benzene rings is 1. The number of halogens is 3. The molecule has 2 N–H and O–H groups in total. The van der Waals surface area contributed by atoms with Gasteiger partial charge in [0.15, 0.2) is 0 Å². The fourth-order valence-electron chi connectivity index (χ4n) is 3.93. The first kappa shape index (κ1) is 21.7. The molecule has 1 saturated heterocycles. The lowest BCUT2D eigenvalue weighted by atomic mass is 10.1. The van der Waals surface area contributed by atoms with Crippen molar-refractivity contribution in [2.75, 3.05) is 23.3 Å². The Hall–Kier alpha value is -3.56. The van der Waals surface area contributed by atoms with E-state index in [9.17, 15) is 27.9 Å². The van der Waals surface area contributed by atoms with Crippen LogP contribution in [0.4, 0.5) is 24.7 Å². The minimum atomic E-state index is -2.88. The van der Waals surface area contributed by atoms with Crippen molar-refractivity contribution in [2.45, 2.75) is 31.7 Å². The molecule has 3 heterocycles. The number of hydrogen-bond donors (Lipinski definition) is 2. The van der Waals surface area contributed by atoms with Crippen LogP contribution in [0.15, 0.2) is 47.4 Å². The summed E-state index contributed by atoms with van der Waals surface area (Å²) in [4.78, 5) is 30.0. The highest BCUT2D eigenvalue weighted by Crippen LogP contribution is 2.30. The van der Waals surface area contributed by atoms with Gasteiger partial charge in [0.1, 0.15) is 17.3 Å². The SMILES string of the molecule is C[C@@H](Nc1ccccc1C(=O)O)c1cc(F)cn2c(=O)cc(N3CCCC(F)(F)C3)nc12. The van der Waals surface area contributed by atoms with Crippen LogP contribution < -0.4 is 15.8 Å². The molecular formula is C22H21F3N4O3. The van der Waals surface area contributed by atoms with Crippen molar-refractivity contribution in [3.8, 4) is 0 Å². The Kier molecular flexibility index (Phi) is 5.53. The van der Waals surface area contributed by atoms with E-state index in [0.717, 1.165) is 16.7 Å². The fraction of sp³-hybridized carbons (Fsp3) is 0.318. The standard InChI is InChI=1S/C22H21F3N4O3/c1-13(26-17-6-3-2-5-15(17)21(31)32)16-9-14(23)11-29-19(30)10-18(27-20(16)29)28-8-4-7-22(24,25)12-28/h2-3,5-6,9-11,13,26H,4,7-8,12H2,1H3,(H,31,32)/t13-/m1/s1. The molecule has 0 unspecified atom stereocenters. The van der Waals surface area contributed by atoms with Crippen molar-refractivity contribution < 1.29 is 23.1 Å². The first-order chi connectivity index (χ1) is 15.1. The van der Waals surface area contributed by atoms with Crippen LogP contribution >= 0.6 is 0 Å². The maximum absolute atomic E-state index is 14.3. The quantitative estimate of drug-likeness (QED) is 0.618. The summed E-state index contributed by atoms with van der Waals surface area (Å²) >= 11 is 0. The van der Waals surface area contributed by atoms with Crippen molar-refractivity contribution in [1.82, 2.24) is 9.38 Å². The number of aromatic carboxylic acids is 1. The van der Waals surface area contributed by atoms with Crippen molar-refractivity contribution in [3.05, 3.63) is 69.9 Å². The molecule has 4 rings (SSSR count). The Labute approximate surface area is 181 Å². The summed E-state index contributed by atoms with van der Waals surface area (Å²) in [6.07, 6.45) is 1.02. The van der Waals surface area contributed by atoms with Gasteiger partial charge in [0.05, 0.1) is 18.2 Å². The van der Waals surface area contributed by atoms with Gasteiger partial charge in [0.25, 0.3) is 11.5 Å². The Morgan fingerprint density at radius 3 is 2.75 bits per heavy atom. The zero-order valence-corrected chi connectivity index (χ0v) is 17.2. The lowest BCUT2D eigenvalue weighted by Crippen LogP contribution is -2.43. The van der Waals surface area contributed by atoms with Crippen LogP contribution in [0.1, 0.15) is 41.7 Å². The molecular weight excluding hydrogens is 425 g/mol. The van der Waals surface area contributed by atoms with Gasteiger partial charge in [-0.2, -0.15) is 0 Å². The molecule has 0 amide bonds. The zero-order valence-electron chi connectivity index (χ0n) is 17.2. The topological polar surface area (TPSA) is 86.9 Å². The van der Waals surface area contributed by atoms with Gasteiger partial charge in [-0.1, -0.05) is 12.1 Å². The second-order valence-corrected chi connectivity index (χ2v) is 7.86. The van der Waals surface area contributed by atoms with Gasteiger partial charge in [0.2, 0.25) is 0 Å². The number of fused-ring (bicyclic) bond motifs is 1. The molecule has 32 heavy (non-hydrogen) atoms. The molecule has 0 aliphatic carbocycles. The van der Waals surface area contributed by atoms with E-state index in [4.69, 9.17) is 0 Å². The highest BCUT2D eigenvalue weighted by atomic mass is 19.3. The van der Waals surface area contributed by atoms with Gasteiger partial charge in [-0.25, -0.2) is 22.9 Å². The summed E-state index contributed by atoms with van der Waals surface area (Å²) in [6, 6.07) is 7.90. The second-order valence-electron chi connectivity index (χ2n) is 7.86. The maximum Gasteiger partial charge on any atom is 0.337 e. The molecule has 0 spiro atoms. The Bertz CT molecular complexity index is 1240. The van der Waals surface area contributed by atoms with E-state index in [1.165, 1.54) is 17.0 Å². The normalized spacial score (nSPS) is 16.7. The average Bonchev–Trinajstić information content (AvgIpc) is 2.73. The fourth-order valence-corrected chi connectivity index (χ4v) is 3.93. The molecule has 7 nitrogen and oxygen atoms in total. The third-order valence-electron chi connectivity index (χ3n) is 5.46. The highest BCUT2D eigenvalue weighted by molar-refractivity contribution is 5.94. The number of pyridine rings is 1. The van der Waals surface area contributed by atoms with Gasteiger partial charge in [-0.3, -0.25) is 9.20 Å². The molecule has 3 aromatic rings. The van der Waals surface area contributed by atoms with E-state index in [1.54, 1.807) is 25.1 Å². The number of nitrogens with one attached hydrogen (secondary N) is 1. The van der Waals surface area contributed by atoms with Crippen molar-refractivity contribution >= 4 is 23.1 Å². The Morgan fingerprint density at radius 2 is 2.03 bits per heavy atom. The number of rotatable bonds is 5. The first-order valence-electron chi connectivity index (χ1n) is 10.1. The minimum absolute atomic E-state index is 0.0291. The van der Waals surface area contributed by atoms with Gasteiger partial charge in [-0.05, 0) is 31.5 Å². The van der Waals surface area contributed by atoms with E-state index in [-0.39, 0.29) is 35.4 Å². The highest BCUT2D eigenvalue weighted by Gasteiger charge is 2.36. The van der Waals surface area contributed by atoms with E-state index < -0.39 is 35.9 Å². The molecule has 10 heteroatoms. The van der Waals surface area contributed by atoms with Gasteiger partial charge in [-0.15, -0.1) is 0 Å². The van der Waals surface area contributed by atoms with Gasteiger partial charge >= 0.3 is 5.97 Å². The molecule has 2 aromatic heterocycles. The number of carboxylic acids is 1. The van der Waals surface area contributed by atoms with E-state index in [2.05, 4.69) is 10.3 Å². The van der Waals surface area contributed by atoms with Crippen LogP contribution in [0, 0.1) is 5.82 Å². The van der Waals surface area contributed by atoms with Crippen molar-refractivity contribution in [2.24, 2.45) is 0 Å². The monoisotopic (exact) mass is 446 g/mol. The van der Waals surface area contributed by atoms with E-state index >= 15 is 0 Å². The summed E-state index contributed by atoms with van der Waals surface area (Å²) in [5, 5.41) is 12.4. The number of piperidine rings is 1. The van der Waals surface area contributed by atoms with Crippen LogP contribution in [-0.4, -0.2) is 39.5 Å². The molecule has 1 fully saturated rings. The molecule has 1 atom stereocenters. The number of carbonyl (C=O) groups is 1. The molecule has 0 saturated carbocycles. The summed E-state index contributed by atoms with van der Waals surface area (Å²) in [5.74, 6) is -4.60. The van der Waals surface area contributed by atoms with Crippen molar-refractivity contribution in [1.29, 1.82) is 0 Å². The average molecular weight is 446 g/mol. The van der Waals surface area contributed by atoms with Crippen molar-refractivity contribution in [3.63, 3.8) is 0 Å². The maximum atomic E-state index is 14.3. The van der Waals surface area contributed by atoms with Crippen LogP contribution in [-0.2, 0) is 0 Å². The Morgan fingerprint density at radius 1 is 1.28 bits per heavy atom. The largest absolute Gasteiger partial charge is 0.478 e. The number of anilines is 2. The van der Waals surface area contributed by atoms with E-state index in [0.29, 0.717) is 12.2 Å². The molecule has 168 valence electrons. The van der Waals surface area contributed by atoms with E-state index in [1.807, 2.05) is 0 Å². The predicted molar refractivity (Wildman–Crippen MR) is 113 cm³/mol. The molecule has 1 aliphatic heterocycles. The summed E-state index contributed by atoms with van der Waals surface area (Å²) in [5.41, 5.74) is 0.131. The number of aromatic nitrogens is 2. The first-order valence-corrected chi connectivity index (χ1v) is 10.1. The lowest BCUT2D eigenvalue weighted by molar-refractivity contribution is -0.0118. The number of nitrogens with zero attached hydrogens (tertiary/aromatic N) is 3. The van der Waals surface area contributed by atoms with Crippen LogP contribution in [0.2, 0.25) is 0 Å². The summed E-state index contributed by atoms with van der Waals surface area (Å²) < 4.78 is 43.1. The minimum Gasteiger partial charge on any atom is -0.478 e. The van der Waals surface area contributed by atoms with Crippen LogP contribution in [0.3, 0.4) is 0 Å². The number of carboxylic acid groups (broad SMARTS) is 1. The third-order valence-corrected chi connectivity index (χ3v) is 5.46. The predicted octanol–water partition coefficient (Wildman–Crippen LogP) is 3.94. The molecule has 1 aliphatic rings. The zero-order chi connectivity index (χ0) is 23.0. The summed E-state index contributed by atoms with van der Waals surface area (Å²) in [6.45, 7) is 1.45. The summed E-state index contributed by atoms with van der Waals surface area (Å²) in [7, 11) is 0. The molecule has 0 radical (unpaired) electrons. The number of alkyl halides is 2. The number of hydrogen-bond acceptors (Lipinski definition) is 5. The van der Waals surface area contributed by atoms with Gasteiger partial charge < -0.3 is 15.3 Å². The van der Waals surface area contributed by atoms with Crippen LogP contribution in [0.5, 0.6) is 0 Å². The molecule has 1 aromatic carbocycles. The molecule has 0 bridgehead atoms.